The molecule has 21 heavy (non-hydrogen) atoms. The van der Waals surface area contributed by atoms with Crippen molar-refractivity contribution in [1.29, 1.82) is 0 Å². The number of hydrogen-bond acceptors (Lipinski definition) is 3. The van der Waals surface area contributed by atoms with Gasteiger partial charge < -0.3 is 15.2 Å². The Morgan fingerprint density at radius 3 is 2.57 bits per heavy atom. The van der Waals surface area contributed by atoms with Gasteiger partial charge in [0.25, 0.3) is 0 Å². The number of rotatable bonds is 3. The van der Waals surface area contributed by atoms with E-state index in [-0.39, 0.29) is 17.2 Å². The van der Waals surface area contributed by atoms with Crippen LogP contribution in [0.2, 0.25) is 0 Å². The van der Waals surface area contributed by atoms with Crippen LogP contribution in [0.15, 0.2) is 24.0 Å². The first-order valence-corrected chi connectivity index (χ1v) is 6.28. The Morgan fingerprint density at radius 1 is 1.38 bits per heavy atom. The van der Waals surface area contributed by atoms with E-state index in [1.165, 1.54) is 24.3 Å². The summed E-state index contributed by atoms with van der Waals surface area (Å²) in [7, 11) is 0. The number of carboxylic acid groups (broad SMARTS) is 1. The van der Waals surface area contributed by atoms with Crippen molar-refractivity contribution >= 4 is 17.7 Å². The molecule has 1 atom stereocenters. The average molecular weight is 301 g/mol. The van der Waals surface area contributed by atoms with Crippen LogP contribution in [0, 0.1) is 5.92 Å². The number of carboxylic acids is 1. The summed E-state index contributed by atoms with van der Waals surface area (Å²) in [5.41, 5.74) is 0.931. The summed E-state index contributed by atoms with van der Waals surface area (Å²) < 4.78 is 41.5. The van der Waals surface area contributed by atoms with Gasteiger partial charge in [-0.15, -0.1) is 13.2 Å². The predicted octanol–water partition coefficient (Wildman–Crippen LogP) is 3.71. The van der Waals surface area contributed by atoms with E-state index in [0.29, 0.717) is 11.3 Å². The third kappa shape index (κ3) is 3.48. The lowest BCUT2D eigenvalue weighted by molar-refractivity contribution is -0.306. The Morgan fingerprint density at radius 2 is 2.05 bits per heavy atom. The van der Waals surface area contributed by atoms with Gasteiger partial charge in [0.05, 0.1) is 11.6 Å². The number of benzene rings is 1. The number of hydrogen-bond donors (Lipinski definition) is 2. The molecular formula is C14H14F3NO3. The fourth-order valence-electron chi connectivity index (χ4n) is 2.15. The third-order valence-corrected chi connectivity index (χ3v) is 3.11. The highest BCUT2D eigenvalue weighted by molar-refractivity contribution is 5.90. The van der Waals surface area contributed by atoms with Crippen LogP contribution in [0.25, 0.3) is 6.08 Å². The summed E-state index contributed by atoms with van der Waals surface area (Å²) in [6, 6.07) is 3.61. The molecule has 1 aromatic carbocycles. The SMILES string of the molecule is CC(C)C1Nc2ccc(C(=O)O)cc2C=C1OC(F)(F)F. The highest BCUT2D eigenvalue weighted by Gasteiger charge is 2.37. The maximum atomic E-state index is 12.5. The molecule has 0 saturated heterocycles. The van der Waals surface area contributed by atoms with E-state index in [0.717, 1.165) is 0 Å². The van der Waals surface area contributed by atoms with Crippen LogP contribution < -0.4 is 5.32 Å². The van der Waals surface area contributed by atoms with Gasteiger partial charge in [0, 0.05) is 11.3 Å². The van der Waals surface area contributed by atoms with Crippen molar-refractivity contribution in [2.45, 2.75) is 26.3 Å². The number of aromatic carboxylic acids is 1. The van der Waals surface area contributed by atoms with E-state index >= 15 is 0 Å². The summed E-state index contributed by atoms with van der Waals surface area (Å²) >= 11 is 0. The average Bonchev–Trinajstić information content (AvgIpc) is 2.34. The van der Waals surface area contributed by atoms with E-state index in [1.807, 2.05) is 0 Å². The minimum atomic E-state index is -4.79. The van der Waals surface area contributed by atoms with Crippen molar-refractivity contribution in [2.24, 2.45) is 5.92 Å². The lowest BCUT2D eigenvalue weighted by atomic mass is 9.95. The van der Waals surface area contributed by atoms with Crippen molar-refractivity contribution in [2.75, 3.05) is 5.32 Å². The molecular weight excluding hydrogens is 287 g/mol. The first kappa shape index (κ1) is 15.2. The lowest BCUT2D eigenvalue weighted by Crippen LogP contribution is -2.34. The molecule has 1 heterocycles. The molecule has 0 aliphatic carbocycles. The first-order chi connectivity index (χ1) is 9.67. The first-order valence-electron chi connectivity index (χ1n) is 6.28. The number of anilines is 1. The maximum Gasteiger partial charge on any atom is 0.572 e. The van der Waals surface area contributed by atoms with Crippen molar-refractivity contribution in [1.82, 2.24) is 0 Å². The van der Waals surface area contributed by atoms with Gasteiger partial charge in [0.2, 0.25) is 0 Å². The number of nitrogens with one attached hydrogen (secondary N) is 1. The molecule has 1 aliphatic rings. The molecule has 0 aromatic heterocycles. The zero-order chi connectivity index (χ0) is 15.8. The van der Waals surface area contributed by atoms with Crippen molar-refractivity contribution in [3.8, 4) is 0 Å². The zero-order valence-electron chi connectivity index (χ0n) is 11.4. The summed E-state index contributed by atoms with van der Waals surface area (Å²) in [6.45, 7) is 3.53. The van der Waals surface area contributed by atoms with Crippen LogP contribution in [-0.4, -0.2) is 23.5 Å². The van der Waals surface area contributed by atoms with Crippen LogP contribution >= 0.6 is 0 Å². The van der Waals surface area contributed by atoms with Gasteiger partial charge in [-0.25, -0.2) is 4.79 Å². The molecule has 7 heteroatoms. The summed E-state index contributed by atoms with van der Waals surface area (Å²) in [5.74, 6) is -1.55. The molecule has 0 spiro atoms. The Kier molecular flexibility index (Phi) is 3.85. The van der Waals surface area contributed by atoms with Gasteiger partial charge >= 0.3 is 12.3 Å². The quantitative estimate of drug-likeness (QED) is 0.893. The van der Waals surface area contributed by atoms with E-state index in [9.17, 15) is 18.0 Å². The van der Waals surface area contributed by atoms with Gasteiger partial charge in [0.1, 0.15) is 5.76 Å². The lowest BCUT2D eigenvalue weighted by Gasteiger charge is -2.31. The van der Waals surface area contributed by atoms with Crippen LogP contribution in [0.5, 0.6) is 0 Å². The molecule has 1 aliphatic heterocycles. The number of alkyl halides is 3. The molecule has 0 bridgehead atoms. The van der Waals surface area contributed by atoms with Crippen LogP contribution in [0.1, 0.15) is 29.8 Å². The fraction of sp³-hybridized carbons (Fsp3) is 0.357. The fourth-order valence-corrected chi connectivity index (χ4v) is 2.15. The molecule has 2 rings (SSSR count). The van der Waals surface area contributed by atoms with Crippen LogP contribution in [0.4, 0.5) is 18.9 Å². The second kappa shape index (κ2) is 5.31. The van der Waals surface area contributed by atoms with Crippen LogP contribution in [-0.2, 0) is 4.74 Å². The summed E-state index contributed by atoms with van der Waals surface area (Å²) in [5, 5.41) is 11.9. The van der Waals surface area contributed by atoms with E-state index in [2.05, 4.69) is 10.1 Å². The Balaban J connectivity index is 2.44. The predicted molar refractivity (Wildman–Crippen MR) is 70.8 cm³/mol. The molecule has 0 saturated carbocycles. The highest BCUT2D eigenvalue weighted by Crippen LogP contribution is 2.34. The summed E-state index contributed by atoms with van der Waals surface area (Å²) in [4.78, 5) is 10.9. The van der Waals surface area contributed by atoms with E-state index < -0.39 is 18.4 Å². The smallest absolute Gasteiger partial charge is 0.478 e. The zero-order valence-corrected chi connectivity index (χ0v) is 11.4. The Bertz CT molecular complexity index is 594. The Labute approximate surface area is 119 Å². The number of ether oxygens (including phenoxy) is 1. The third-order valence-electron chi connectivity index (χ3n) is 3.11. The van der Waals surface area contributed by atoms with Crippen LogP contribution in [0.3, 0.4) is 0 Å². The normalized spacial score (nSPS) is 17.8. The van der Waals surface area contributed by atoms with Crippen molar-refractivity contribution in [3.63, 3.8) is 0 Å². The molecule has 1 unspecified atom stereocenters. The van der Waals surface area contributed by atoms with E-state index in [1.54, 1.807) is 13.8 Å². The maximum absolute atomic E-state index is 12.5. The number of halogens is 3. The topological polar surface area (TPSA) is 58.6 Å². The second-order valence-electron chi connectivity index (χ2n) is 5.07. The molecule has 0 amide bonds. The molecule has 4 nitrogen and oxygen atoms in total. The number of fused-ring (bicyclic) bond motifs is 1. The molecule has 2 N–H and O–H groups in total. The van der Waals surface area contributed by atoms with Gasteiger partial charge in [-0.1, -0.05) is 13.8 Å². The van der Waals surface area contributed by atoms with Crippen molar-refractivity contribution in [3.05, 3.63) is 35.1 Å². The largest absolute Gasteiger partial charge is 0.572 e. The molecule has 0 fully saturated rings. The standard InChI is InChI=1S/C14H14F3NO3/c1-7(2)12-11(21-14(15,16)17)6-9-5-8(13(19)20)3-4-10(9)18-12/h3-7,12,18H,1-2H3,(H,19,20). The minimum Gasteiger partial charge on any atom is -0.478 e. The Hall–Kier alpha value is -2.18. The van der Waals surface area contributed by atoms with Gasteiger partial charge in [-0.05, 0) is 30.2 Å². The summed E-state index contributed by atoms with van der Waals surface area (Å²) in [6.07, 6.45) is -3.56. The van der Waals surface area contributed by atoms with Crippen molar-refractivity contribution < 1.29 is 27.8 Å². The van der Waals surface area contributed by atoms with E-state index in [4.69, 9.17) is 5.11 Å². The van der Waals surface area contributed by atoms with Gasteiger partial charge in [-0.2, -0.15) is 0 Å². The number of carbonyl (C=O) groups is 1. The molecule has 0 radical (unpaired) electrons. The minimum absolute atomic E-state index is 0.00107. The molecule has 114 valence electrons. The monoisotopic (exact) mass is 301 g/mol. The van der Waals surface area contributed by atoms with Gasteiger partial charge in [-0.3, -0.25) is 0 Å². The molecule has 1 aromatic rings. The highest BCUT2D eigenvalue weighted by atomic mass is 19.4. The van der Waals surface area contributed by atoms with Gasteiger partial charge in [0.15, 0.2) is 0 Å². The second-order valence-corrected chi connectivity index (χ2v) is 5.07.